The molecule has 1 N–H and O–H groups in total. The Morgan fingerprint density at radius 3 is 2.73 bits per heavy atom. The number of thiazole rings is 1. The van der Waals surface area contributed by atoms with Crippen molar-refractivity contribution in [3.63, 3.8) is 0 Å². The summed E-state index contributed by atoms with van der Waals surface area (Å²) in [6.45, 7) is 6.60. The fourth-order valence-electron chi connectivity index (χ4n) is 3.64. The number of para-hydroxylation sites is 3. The first kappa shape index (κ1) is 22.9. The third-order valence-electron chi connectivity index (χ3n) is 5.09. The van der Waals surface area contributed by atoms with E-state index in [1.54, 1.807) is 0 Å². The van der Waals surface area contributed by atoms with Gasteiger partial charge in [0.2, 0.25) is 11.9 Å². The maximum absolute atomic E-state index is 12.9. The van der Waals surface area contributed by atoms with Crippen molar-refractivity contribution in [2.75, 3.05) is 25.1 Å². The maximum Gasteiger partial charge on any atom is 0.232 e. The molecule has 172 valence electrons. The lowest BCUT2D eigenvalue weighted by molar-refractivity contribution is -0.115. The van der Waals surface area contributed by atoms with E-state index in [9.17, 15) is 4.79 Å². The minimum Gasteiger partial charge on any atom is -0.493 e. The highest BCUT2D eigenvalue weighted by Gasteiger charge is 2.16. The van der Waals surface area contributed by atoms with Gasteiger partial charge in [-0.1, -0.05) is 24.3 Å². The molecule has 0 spiro atoms. The van der Waals surface area contributed by atoms with Gasteiger partial charge in [0.15, 0.2) is 0 Å². The fourth-order valence-corrected chi connectivity index (χ4v) is 4.49. The molecule has 2 aromatic carbocycles. The van der Waals surface area contributed by atoms with E-state index in [1.165, 1.54) is 11.3 Å². The summed E-state index contributed by atoms with van der Waals surface area (Å²) in [6, 6.07) is 15.7. The van der Waals surface area contributed by atoms with Gasteiger partial charge in [-0.25, -0.2) is 9.97 Å². The van der Waals surface area contributed by atoms with Crippen LogP contribution in [0.15, 0.2) is 53.9 Å². The second kappa shape index (κ2) is 11.1. The normalized spacial score (nSPS) is 11.1. The number of nitrogens with zero attached hydrogens (tertiary/aromatic N) is 3. The lowest BCUT2D eigenvalue weighted by Crippen LogP contribution is -2.18. The van der Waals surface area contributed by atoms with Crippen LogP contribution < -0.4 is 10.1 Å². The van der Waals surface area contributed by atoms with Crippen molar-refractivity contribution in [1.82, 2.24) is 14.5 Å². The first-order chi connectivity index (χ1) is 16.2. The number of hydrogen-bond donors (Lipinski definition) is 1. The predicted octanol–water partition coefficient (Wildman–Crippen LogP) is 5.17. The average Bonchev–Trinajstić information content (AvgIpc) is 3.41. The van der Waals surface area contributed by atoms with Crippen LogP contribution >= 0.6 is 11.3 Å². The van der Waals surface area contributed by atoms with Gasteiger partial charge >= 0.3 is 0 Å². The molecule has 0 unspecified atom stereocenters. The molecule has 2 heterocycles. The van der Waals surface area contributed by atoms with Gasteiger partial charge in [0.05, 0.1) is 35.3 Å². The molecule has 1 amide bonds. The van der Waals surface area contributed by atoms with Crippen LogP contribution in [0.5, 0.6) is 5.75 Å². The SMILES string of the molecule is CCOCCCn1c(NC(=O)Cc2csc(-c3ccccc3OCC)n2)nc2ccccc21. The Morgan fingerprint density at radius 1 is 1.06 bits per heavy atom. The zero-order chi connectivity index (χ0) is 23.0. The number of rotatable bonds is 11. The van der Waals surface area contributed by atoms with Crippen molar-refractivity contribution in [2.45, 2.75) is 33.2 Å². The summed E-state index contributed by atoms with van der Waals surface area (Å²) in [7, 11) is 0. The number of imidazole rings is 1. The van der Waals surface area contributed by atoms with E-state index in [0.717, 1.165) is 39.5 Å². The Hall–Kier alpha value is -3.23. The van der Waals surface area contributed by atoms with Gasteiger partial charge in [-0.3, -0.25) is 10.1 Å². The van der Waals surface area contributed by atoms with Crippen LogP contribution in [0.4, 0.5) is 5.95 Å². The smallest absolute Gasteiger partial charge is 0.232 e. The van der Waals surface area contributed by atoms with E-state index in [2.05, 4.69) is 15.3 Å². The number of aromatic nitrogens is 3. The largest absolute Gasteiger partial charge is 0.493 e. The number of carbonyl (C=O) groups is 1. The number of carbonyl (C=O) groups excluding carboxylic acids is 1. The summed E-state index contributed by atoms with van der Waals surface area (Å²) in [5.41, 5.74) is 3.50. The van der Waals surface area contributed by atoms with Crippen molar-refractivity contribution in [3.05, 3.63) is 59.6 Å². The molecule has 2 aromatic heterocycles. The lowest BCUT2D eigenvalue weighted by atomic mass is 10.2. The van der Waals surface area contributed by atoms with Gasteiger partial charge < -0.3 is 14.0 Å². The molecule has 0 radical (unpaired) electrons. The van der Waals surface area contributed by atoms with E-state index in [1.807, 2.05) is 72.3 Å². The van der Waals surface area contributed by atoms with E-state index >= 15 is 0 Å². The molecule has 7 nitrogen and oxygen atoms in total. The summed E-state index contributed by atoms with van der Waals surface area (Å²) < 4.78 is 13.2. The molecule has 33 heavy (non-hydrogen) atoms. The molecule has 0 aliphatic carbocycles. The summed E-state index contributed by atoms with van der Waals surface area (Å²) in [4.78, 5) is 22.2. The van der Waals surface area contributed by atoms with Crippen LogP contribution in [0.2, 0.25) is 0 Å². The van der Waals surface area contributed by atoms with Crippen LogP contribution in [0.25, 0.3) is 21.6 Å². The Morgan fingerprint density at radius 2 is 1.88 bits per heavy atom. The third kappa shape index (κ3) is 5.58. The number of aryl methyl sites for hydroxylation is 1. The van der Waals surface area contributed by atoms with Crippen LogP contribution in [0.1, 0.15) is 26.0 Å². The van der Waals surface area contributed by atoms with Crippen molar-refractivity contribution in [1.29, 1.82) is 0 Å². The van der Waals surface area contributed by atoms with E-state index < -0.39 is 0 Å². The Bertz CT molecular complexity index is 1220. The third-order valence-corrected chi connectivity index (χ3v) is 6.02. The monoisotopic (exact) mass is 464 g/mol. The first-order valence-electron chi connectivity index (χ1n) is 11.2. The molecule has 8 heteroatoms. The van der Waals surface area contributed by atoms with Crippen LogP contribution in [-0.4, -0.2) is 40.3 Å². The highest BCUT2D eigenvalue weighted by Crippen LogP contribution is 2.32. The van der Waals surface area contributed by atoms with Gasteiger partial charge in [-0.2, -0.15) is 0 Å². The van der Waals surface area contributed by atoms with Crippen molar-refractivity contribution in [2.24, 2.45) is 0 Å². The zero-order valence-corrected chi connectivity index (χ0v) is 19.7. The molecular formula is C25H28N4O3S. The second-order valence-corrected chi connectivity index (χ2v) is 8.28. The van der Waals surface area contributed by atoms with Gasteiger partial charge in [-0.15, -0.1) is 11.3 Å². The predicted molar refractivity (Wildman–Crippen MR) is 132 cm³/mol. The molecule has 0 aliphatic heterocycles. The molecule has 0 bridgehead atoms. The Balaban J connectivity index is 1.47. The molecular weight excluding hydrogens is 436 g/mol. The Kier molecular flexibility index (Phi) is 7.70. The number of benzene rings is 2. The minimum atomic E-state index is -0.147. The van der Waals surface area contributed by atoms with E-state index in [-0.39, 0.29) is 12.3 Å². The van der Waals surface area contributed by atoms with E-state index in [0.29, 0.717) is 32.3 Å². The topological polar surface area (TPSA) is 78.3 Å². The highest BCUT2D eigenvalue weighted by atomic mass is 32.1. The number of nitrogens with one attached hydrogen (secondary N) is 1. The minimum absolute atomic E-state index is 0.147. The first-order valence-corrected chi connectivity index (χ1v) is 12.1. The summed E-state index contributed by atoms with van der Waals surface area (Å²) in [5, 5.41) is 5.74. The van der Waals surface area contributed by atoms with Crippen LogP contribution in [-0.2, 0) is 22.5 Å². The lowest BCUT2D eigenvalue weighted by Gasteiger charge is -2.10. The van der Waals surface area contributed by atoms with Crippen molar-refractivity contribution in [3.8, 4) is 16.3 Å². The maximum atomic E-state index is 12.9. The quantitative estimate of drug-likeness (QED) is 0.310. The number of ether oxygens (including phenoxy) is 2. The number of fused-ring (bicyclic) bond motifs is 1. The number of amides is 1. The molecule has 4 rings (SSSR count). The summed E-state index contributed by atoms with van der Waals surface area (Å²) in [6.07, 6.45) is 1.02. The standard InChI is InChI=1S/C25H28N4O3S/c1-3-31-15-9-14-29-21-12-7-6-11-20(21)27-25(29)28-23(30)16-18-17-33-24(26-18)19-10-5-8-13-22(19)32-4-2/h5-8,10-13,17H,3-4,9,14-16H2,1-2H3,(H,27,28,30). The van der Waals surface area contributed by atoms with Crippen molar-refractivity contribution < 1.29 is 14.3 Å². The molecule has 0 fully saturated rings. The van der Waals surface area contributed by atoms with E-state index in [4.69, 9.17) is 9.47 Å². The second-order valence-electron chi connectivity index (χ2n) is 7.42. The molecule has 0 atom stereocenters. The molecule has 0 aliphatic rings. The summed E-state index contributed by atoms with van der Waals surface area (Å²) >= 11 is 1.51. The summed E-state index contributed by atoms with van der Waals surface area (Å²) in [5.74, 6) is 1.20. The Labute approximate surface area is 197 Å². The van der Waals surface area contributed by atoms with Gasteiger partial charge in [0.1, 0.15) is 10.8 Å². The van der Waals surface area contributed by atoms with Gasteiger partial charge in [-0.05, 0) is 44.5 Å². The van der Waals surface area contributed by atoms with Crippen LogP contribution in [0.3, 0.4) is 0 Å². The van der Waals surface area contributed by atoms with Crippen LogP contribution in [0, 0.1) is 0 Å². The average molecular weight is 465 g/mol. The van der Waals surface area contributed by atoms with Gasteiger partial charge in [0.25, 0.3) is 0 Å². The number of anilines is 1. The molecule has 0 saturated heterocycles. The zero-order valence-electron chi connectivity index (χ0n) is 18.9. The number of hydrogen-bond acceptors (Lipinski definition) is 6. The van der Waals surface area contributed by atoms with Crippen molar-refractivity contribution >= 4 is 34.2 Å². The molecule has 0 saturated carbocycles. The van der Waals surface area contributed by atoms with Gasteiger partial charge in [0, 0.05) is 25.1 Å². The molecule has 4 aromatic rings. The fraction of sp³-hybridized carbons (Fsp3) is 0.320. The highest BCUT2D eigenvalue weighted by molar-refractivity contribution is 7.13.